The Labute approximate surface area is 133 Å². The Morgan fingerprint density at radius 1 is 1.30 bits per heavy atom. The van der Waals surface area contributed by atoms with E-state index in [0.29, 0.717) is 13.0 Å². The second-order valence-corrected chi connectivity index (χ2v) is 4.95. The number of nitrogens with zero attached hydrogens (tertiary/aromatic N) is 4. The lowest BCUT2D eigenvalue weighted by Crippen LogP contribution is -2.32. The van der Waals surface area contributed by atoms with Crippen molar-refractivity contribution in [3.8, 4) is 0 Å². The van der Waals surface area contributed by atoms with Gasteiger partial charge in [-0.3, -0.25) is 4.79 Å². The third-order valence-corrected chi connectivity index (χ3v) is 3.15. The van der Waals surface area contributed by atoms with E-state index in [2.05, 4.69) is 20.8 Å². The normalized spacial score (nSPS) is 11.7. The van der Waals surface area contributed by atoms with Gasteiger partial charge in [0.15, 0.2) is 12.6 Å². The van der Waals surface area contributed by atoms with E-state index in [1.54, 1.807) is 0 Å². The number of hydrogen-bond acceptors (Lipinski definition) is 6. The minimum Gasteiger partial charge on any atom is -0.454 e. The van der Waals surface area contributed by atoms with E-state index in [4.69, 9.17) is 4.74 Å². The summed E-state index contributed by atoms with van der Waals surface area (Å²) in [6, 6.07) is 8.75. The molecule has 1 atom stereocenters. The number of benzene rings is 1. The van der Waals surface area contributed by atoms with Crippen LogP contribution in [-0.4, -0.2) is 45.2 Å². The van der Waals surface area contributed by atoms with Gasteiger partial charge in [-0.25, -0.2) is 9.48 Å². The van der Waals surface area contributed by atoms with E-state index in [1.807, 2.05) is 37.3 Å². The summed E-state index contributed by atoms with van der Waals surface area (Å²) < 4.78 is 6.42. The van der Waals surface area contributed by atoms with Crippen LogP contribution in [0.25, 0.3) is 0 Å². The number of tetrazole rings is 1. The largest absolute Gasteiger partial charge is 0.454 e. The summed E-state index contributed by atoms with van der Waals surface area (Å²) in [5.74, 6) is -0.872. The molecule has 0 saturated heterocycles. The Hall–Kier alpha value is -2.77. The fraction of sp³-hybridized carbons (Fsp3) is 0.400. The zero-order valence-corrected chi connectivity index (χ0v) is 12.9. The number of rotatable bonds is 8. The number of esters is 1. The van der Waals surface area contributed by atoms with E-state index >= 15 is 0 Å². The van der Waals surface area contributed by atoms with Crippen LogP contribution in [0.2, 0.25) is 0 Å². The van der Waals surface area contributed by atoms with Crippen molar-refractivity contribution in [1.82, 2.24) is 25.5 Å². The fourth-order valence-electron chi connectivity index (χ4n) is 1.98. The zero-order valence-electron chi connectivity index (χ0n) is 12.9. The van der Waals surface area contributed by atoms with Gasteiger partial charge in [0.1, 0.15) is 6.33 Å². The topological polar surface area (TPSA) is 99.0 Å². The summed E-state index contributed by atoms with van der Waals surface area (Å²) in [7, 11) is 0. The summed E-state index contributed by atoms with van der Waals surface area (Å²) in [5, 5.41) is 13.5. The van der Waals surface area contributed by atoms with E-state index < -0.39 is 12.0 Å². The summed E-state index contributed by atoms with van der Waals surface area (Å²) in [5.41, 5.74) is 0.945. The first-order chi connectivity index (χ1) is 11.2. The molecule has 1 heterocycles. The van der Waals surface area contributed by atoms with Crippen LogP contribution in [0, 0.1) is 0 Å². The molecular weight excluding hydrogens is 298 g/mol. The van der Waals surface area contributed by atoms with Crippen LogP contribution in [0.4, 0.5) is 0 Å². The summed E-state index contributed by atoms with van der Waals surface area (Å²) in [6.45, 7) is 2.18. The van der Waals surface area contributed by atoms with E-state index in [-0.39, 0.29) is 12.5 Å². The molecule has 2 aromatic rings. The third-order valence-electron chi connectivity index (χ3n) is 3.15. The highest BCUT2D eigenvalue weighted by molar-refractivity contribution is 5.81. The first-order valence-corrected chi connectivity index (χ1v) is 7.40. The molecule has 0 aliphatic carbocycles. The number of amides is 1. The van der Waals surface area contributed by atoms with E-state index in [9.17, 15) is 9.59 Å². The maximum Gasteiger partial charge on any atom is 0.331 e. The minimum absolute atomic E-state index is 0.313. The molecule has 1 N–H and O–H groups in total. The summed E-state index contributed by atoms with van der Waals surface area (Å²) in [6.07, 6.45) is 2.55. The average Bonchev–Trinajstić information content (AvgIpc) is 3.10. The molecule has 1 aromatic carbocycles. The monoisotopic (exact) mass is 317 g/mol. The number of hydrogen-bond donors (Lipinski definition) is 1. The van der Waals surface area contributed by atoms with Gasteiger partial charge in [0, 0.05) is 13.0 Å². The number of nitrogens with one attached hydrogen (secondary N) is 1. The van der Waals surface area contributed by atoms with Crippen molar-refractivity contribution in [3.63, 3.8) is 0 Å². The quantitative estimate of drug-likeness (QED) is 0.713. The molecule has 122 valence electrons. The molecule has 1 aromatic heterocycles. The highest BCUT2D eigenvalue weighted by Gasteiger charge is 2.24. The van der Waals surface area contributed by atoms with Gasteiger partial charge >= 0.3 is 5.97 Å². The zero-order chi connectivity index (χ0) is 16.5. The lowest BCUT2D eigenvalue weighted by atomic mass is 10.1. The molecule has 0 bridgehead atoms. The molecule has 0 radical (unpaired) electrons. The predicted molar refractivity (Wildman–Crippen MR) is 81.3 cm³/mol. The van der Waals surface area contributed by atoms with Crippen molar-refractivity contribution in [2.75, 3.05) is 13.2 Å². The highest BCUT2D eigenvalue weighted by atomic mass is 16.5. The average molecular weight is 317 g/mol. The molecular formula is C15H19N5O3. The van der Waals surface area contributed by atoms with E-state index in [0.717, 1.165) is 12.0 Å². The van der Waals surface area contributed by atoms with Gasteiger partial charge in [0.05, 0.1) is 0 Å². The number of carbonyl (C=O) groups is 2. The maximum absolute atomic E-state index is 12.3. The van der Waals surface area contributed by atoms with Crippen molar-refractivity contribution >= 4 is 11.9 Å². The standard InChI is InChI=1S/C15H19N5O3/c1-2-8-16-14(21)10-23-15(22)13(20-11-17-18-19-20)9-12-6-4-3-5-7-12/h3-7,11,13H,2,8-10H2,1H3,(H,16,21)/t13-/m1/s1. The molecule has 0 spiro atoms. The van der Waals surface area contributed by atoms with Gasteiger partial charge in [-0.1, -0.05) is 37.3 Å². The van der Waals surface area contributed by atoms with Gasteiger partial charge in [0.2, 0.25) is 0 Å². The van der Waals surface area contributed by atoms with Crippen molar-refractivity contribution in [1.29, 1.82) is 0 Å². The van der Waals surface area contributed by atoms with Gasteiger partial charge in [0.25, 0.3) is 5.91 Å². The van der Waals surface area contributed by atoms with Crippen LogP contribution in [0.3, 0.4) is 0 Å². The molecule has 0 aliphatic heterocycles. The van der Waals surface area contributed by atoms with Crippen LogP contribution in [0.15, 0.2) is 36.7 Å². The molecule has 23 heavy (non-hydrogen) atoms. The van der Waals surface area contributed by atoms with Gasteiger partial charge in [-0.05, 0) is 22.4 Å². The Bertz CT molecular complexity index is 615. The summed E-state index contributed by atoms with van der Waals surface area (Å²) >= 11 is 0. The Kier molecular flexibility index (Phi) is 6.22. The lowest BCUT2D eigenvalue weighted by Gasteiger charge is -2.15. The van der Waals surface area contributed by atoms with Crippen LogP contribution < -0.4 is 5.32 Å². The third kappa shape index (κ3) is 5.17. The maximum atomic E-state index is 12.3. The molecule has 0 unspecified atom stereocenters. The molecule has 1 amide bonds. The summed E-state index contributed by atoms with van der Waals surface area (Å²) in [4.78, 5) is 23.8. The van der Waals surface area contributed by atoms with Crippen molar-refractivity contribution < 1.29 is 14.3 Å². The lowest BCUT2D eigenvalue weighted by molar-refractivity contribution is -0.152. The van der Waals surface area contributed by atoms with Gasteiger partial charge < -0.3 is 10.1 Å². The van der Waals surface area contributed by atoms with Crippen molar-refractivity contribution in [3.05, 3.63) is 42.2 Å². The Morgan fingerprint density at radius 3 is 2.74 bits per heavy atom. The van der Waals surface area contributed by atoms with Crippen LogP contribution in [0.5, 0.6) is 0 Å². The predicted octanol–water partition coefficient (Wildman–Crippen LogP) is 0.526. The van der Waals surface area contributed by atoms with Crippen molar-refractivity contribution in [2.45, 2.75) is 25.8 Å². The minimum atomic E-state index is -0.716. The molecule has 0 saturated carbocycles. The molecule has 8 nitrogen and oxygen atoms in total. The highest BCUT2D eigenvalue weighted by Crippen LogP contribution is 2.14. The number of ether oxygens (including phenoxy) is 1. The fourth-order valence-corrected chi connectivity index (χ4v) is 1.98. The molecule has 8 heteroatoms. The first kappa shape index (κ1) is 16.6. The Morgan fingerprint density at radius 2 is 2.09 bits per heavy atom. The SMILES string of the molecule is CCCNC(=O)COC(=O)[C@@H](Cc1ccccc1)n1cnnn1. The number of aromatic nitrogens is 4. The Balaban J connectivity index is 1.99. The molecule has 0 fully saturated rings. The van der Waals surface area contributed by atoms with Crippen LogP contribution in [-0.2, 0) is 20.7 Å². The van der Waals surface area contributed by atoms with Crippen LogP contribution in [0.1, 0.15) is 24.9 Å². The first-order valence-electron chi connectivity index (χ1n) is 7.40. The molecule has 2 rings (SSSR count). The smallest absolute Gasteiger partial charge is 0.331 e. The molecule has 0 aliphatic rings. The number of carbonyl (C=O) groups excluding carboxylic acids is 2. The van der Waals surface area contributed by atoms with Crippen molar-refractivity contribution in [2.24, 2.45) is 0 Å². The second kappa shape index (κ2) is 8.62. The van der Waals surface area contributed by atoms with Crippen LogP contribution >= 0.6 is 0 Å². The second-order valence-electron chi connectivity index (χ2n) is 4.95. The van der Waals surface area contributed by atoms with E-state index in [1.165, 1.54) is 11.0 Å². The van der Waals surface area contributed by atoms with Gasteiger partial charge in [-0.15, -0.1) is 5.10 Å². The van der Waals surface area contributed by atoms with Gasteiger partial charge in [-0.2, -0.15) is 0 Å².